The molecule has 0 bridgehead atoms. The van der Waals surface area contributed by atoms with Crippen LogP contribution in [0, 0.1) is 53.7 Å². The summed E-state index contributed by atoms with van der Waals surface area (Å²) in [6.45, 7) is 24.3. The number of hydrogen-bond acceptors (Lipinski definition) is 3. The molecule has 0 saturated carbocycles. The third-order valence-electron chi connectivity index (χ3n) is 15.6. The Bertz CT molecular complexity index is 5000. The first-order valence-corrected chi connectivity index (χ1v) is 26.4. The molecule has 13 rings (SSSR count). The van der Waals surface area contributed by atoms with Gasteiger partial charge in [0.15, 0.2) is 17.1 Å². The Kier molecular flexibility index (Phi) is 12.5. The minimum atomic E-state index is -4.69. The number of hydrogen-bond donors (Lipinski definition) is 0. The van der Waals surface area contributed by atoms with Crippen LogP contribution in [0.4, 0.5) is 30.2 Å². The minimum Gasteiger partial charge on any atom is -0.309 e. The summed E-state index contributed by atoms with van der Waals surface area (Å²) >= 11 is 0. The van der Waals surface area contributed by atoms with Crippen LogP contribution in [-0.2, 0) is 6.18 Å². The van der Waals surface area contributed by atoms with Gasteiger partial charge in [0, 0.05) is 38.2 Å². The van der Waals surface area contributed by atoms with Crippen molar-refractivity contribution in [2.24, 2.45) is 0 Å². The van der Waals surface area contributed by atoms with Gasteiger partial charge in [-0.2, -0.15) is 29.0 Å². The first-order valence-electron chi connectivity index (χ1n) is 26.4. The summed E-state index contributed by atoms with van der Waals surface area (Å²) in [7, 11) is 0. The molecule has 0 aliphatic heterocycles. The maximum atomic E-state index is 14.3. The summed E-state index contributed by atoms with van der Waals surface area (Å²) in [5.74, 6) is 0. The van der Waals surface area contributed by atoms with Gasteiger partial charge in [-0.15, -0.1) is 0 Å². The number of fused-ring (bicyclic) bond motifs is 6. The molecule has 2 aromatic heterocycles. The van der Waals surface area contributed by atoms with E-state index in [9.17, 15) is 29.0 Å². The molecule has 390 valence electrons. The third kappa shape index (κ3) is 8.52. The number of rotatable bonds is 8. The van der Waals surface area contributed by atoms with Crippen LogP contribution in [0.3, 0.4) is 0 Å². The van der Waals surface area contributed by atoms with Crippen molar-refractivity contribution < 1.29 is 13.2 Å². The SMILES string of the molecule is [C-]#[N+]c1ccccc1-c1ccc2c(c1)c1cc(-c3ccccc3C#N)ccc1n2-c1cc(C#N)ccc1-c1ccc(-c2ccc(C(F)(F)F)cc2[N+]#[C-])cc1-n1c2ccc(-c3ccccc3C#N)cc2c2cc(-c3ccccc3[N+]#[C-])ccc21. The van der Waals surface area contributed by atoms with Gasteiger partial charge in [0.2, 0.25) is 0 Å². The largest absolute Gasteiger partial charge is 0.415 e. The molecule has 0 atom stereocenters. The van der Waals surface area contributed by atoms with E-state index in [-0.39, 0.29) is 11.3 Å². The maximum Gasteiger partial charge on any atom is 0.415 e. The highest BCUT2D eigenvalue weighted by Crippen LogP contribution is 2.47. The van der Waals surface area contributed by atoms with Crippen molar-refractivity contribution in [1.82, 2.24) is 9.13 Å². The van der Waals surface area contributed by atoms with E-state index in [1.165, 1.54) is 6.07 Å². The lowest BCUT2D eigenvalue weighted by Gasteiger charge is -2.20. The summed E-state index contributed by atoms with van der Waals surface area (Å²) in [6, 6.07) is 75.0. The van der Waals surface area contributed by atoms with Crippen LogP contribution in [0.2, 0.25) is 0 Å². The van der Waals surface area contributed by atoms with Crippen molar-refractivity contribution >= 4 is 60.7 Å². The van der Waals surface area contributed by atoms with Crippen molar-refractivity contribution in [3.63, 3.8) is 0 Å². The Hall–Kier alpha value is -12.3. The molecule has 0 aliphatic carbocycles. The number of alkyl halides is 3. The van der Waals surface area contributed by atoms with E-state index in [1.807, 2.05) is 158 Å². The number of nitriles is 3. The minimum absolute atomic E-state index is 0.186. The van der Waals surface area contributed by atoms with Gasteiger partial charge >= 0.3 is 6.18 Å². The van der Waals surface area contributed by atoms with E-state index >= 15 is 0 Å². The van der Waals surface area contributed by atoms with E-state index in [2.05, 4.69) is 54.0 Å². The Morgan fingerprint density at radius 2 is 0.690 bits per heavy atom. The zero-order valence-corrected chi connectivity index (χ0v) is 44.1. The van der Waals surface area contributed by atoms with Gasteiger partial charge in [0.1, 0.15) is 0 Å². The highest BCUT2D eigenvalue weighted by atomic mass is 19.4. The van der Waals surface area contributed by atoms with E-state index in [4.69, 9.17) is 19.7 Å². The molecule has 2 heterocycles. The molecule has 0 fully saturated rings. The summed E-state index contributed by atoms with van der Waals surface area (Å²) in [5.41, 5.74) is 13.6. The molecule has 0 saturated heterocycles. The van der Waals surface area contributed by atoms with Gasteiger partial charge in [0.05, 0.1) is 88.1 Å². The Morgan fingerprint density at radius 3 is 1.12 bits per heavy atom. The zero-order chi connectivity index (χ0) is 57.8. The van der Waals surface area contributed by atoms with Crippen LogP contribution in [0.1, 0.15) is 22.3 Å². The maximum absolute atomic E-state index is 14.3. The third-order valence-corrected chi connectivity index (χ3v) is 15.6. The average Bonchev–Trinajstić information content (AvgIpc) is 2.09. The summed E-state index contributed by atoms with van der Waals surface area (Å²) in [6.07, 6.45) is -4.69. The van der Waals surface area contributed by atoms with Gasteiger partial charge in [-0.05, 0) is 141 Å². The Labute approximate surface area is 479 Å². The molecule has 84 heavy (non-hydrogen) atoms. The lowest BCUT2D eigenvalue weighted by molar-refractivity contribution is -0.137. The van der Waals surface area contributed by atoms with Gasteiger partial charge in [-0.1, -0.05) is 140 Å². The number of benzene rings is 11. The van der Waals surface area contributed by atoms with Crippen molar-refractivity contribution in [2.75, 3.05) is 0 Å². The monoisotopic (exact) mass is 1080 g/mol. The summed E-state index contributed by atoms with van der Waals surface area (Å²) in [5, 5.41) is 34.5. The second-order valence-corrected chi connectivity index (χ2v) is 20.1. The van der Waals surface area contributed by atoms with Crippen molar-refractivity contribution in [1.29, 1.82) is 15.8 Å². The predicted octanol–water partition coefficient (Wildman–Crippen LogP) is 20.2. The molecule has 11 heteroatoms. The standard InChI is InChI=1S/C73H37F3N8/c1-80-64-18-10-8-16-55(64)47-24-32-68-62(37-47)60-35-45(53-14-6-4-12-50(53)42-78)22-30-67(60)83(68)71-34-44(41-77)20-27-58(71)59-28-21-49(57-29-26-52(73(74,75)76)40-66(57)82-3)39-72(59)84-69-31-23-46(54-15-7-5-13-51(54)43-79)36-61(69)63-38-48(25-33-70(63)84)56-17-9-11-19-65(56)81-2/h4-40H. The first-order chi connectivity index (χ1) is 41.0. The van der Waals surface area contributed by atoms with Gasteiger partial charge in [-0.3, -0.25) is 0 Å². The van der Waals surface area contributed by atoms with Gasteiger partial charge in [0.25, 0.3) is 0 Å². The Morgan fingerprint density at radius 1 is 0.333 bits per heavy atom. The number of para-hydroxylation sites is 2. The van der Waals surface area contributed by atoms with Gasteiger partial charge in [-0.25, -0.2) is 14.5 Å². The lowest BCUT2D eigenvalue weighted by atomic mass is 9.94. The van der Waals surface area contributed by atoms with E-state index in [1.54, 1.807) is 36.4 Å². The van der Waals surface area contributed by atoms with Crippen LogP contribution in [0.25, 0.3) is 136 Å². The molecule has 11 aromatic carbocycles. The highest BCUT2D eigenvalue weighted by Gasteiger charge is 2.31. The fourth-order valence-electron chi connectivity index (χ4n) is 11.7. The molecule has 0 unspecified atom stereocenters. The smallest absolute Gasteiger partial charge is 0.309 e. The average molecular weight is 1080 g/mol. The van der Waals surface area contributed by atoms with Crippen LogP contribution >= 0.6 is 0 Å². The Balaban J connectivity index is 1.14. The second kappa shape index (κ2) is 20.4. The molecule has 0 N–H and O–H groups in total. The van der Waals surface area contributed by atoms with Gasteiger partial charge < -0.3 is 9.13 Å². The molecule has 0 aliphatic rings. The molecular weight excluding hydrogens is 1050 g/mol. The quantitative estimate of drug-likeness (QED) is 0.142. The molecule has 0 amide bonds. The normalized spacial score (nSPS) is 11.2. The molecule has 8 nitrogen and oxygen atoms in total. The van der Waals surface area contributed by atoms with Crippen LogP contribution in [-0.4, -0.2) is 9.13 Å². The van der Waals surface area contributed by atoms with Crippen molar-refractivity contribution in [3.05, 3.63) is 281 Å². The first kappa shape index (κ1) is 51.2. The summed E-state index contributed by atoms with van der Waals surface area (Å²) in [4.78, 5) is 11.3. The molecule has 0 spiro atoms. The van der Waals surface area contributed by atoms with Crippen LogP contribution in [0.15, 0.2) is 224 Å². The fraction of sp³-hybridized carbons (Fsp3) is 0.0137. The molecule has 13 aromatic rings. The molecular formula is C73H37F3N8. The molecule has 0 radical (unpaired) electrons. The van der Waals surface area contributed by atoms with Crippen LogP contribution in [0.5, 0.6) is 0 Å². The van der Waals surface area contributed by atoms with E-state index in [0.717, 1.165) is 100 Å². The zero-order valence-electron chi connectivity index (χ0n) is 44.1. The number of nitrogens with zero attached hydrogens (tertiary/aromatic N) is 8. The number of aromatic nitrogens is 2. The second-order valence-electron chi connectivity index (χ2n) is 20.1. The topological polar surface area (TPSA) is 94.3 Å². The predicted molar refractivity (Wildman–Crippen MR) is 326 cm³/mol. The van der Waals surface area contributed by atoms with Crippen LogP contribution < -0.4 is 0 Å². The van der Waals surface area contributed by atoms with Crippen molar-refractivity contribution in [3.8, 4) is 96.3 Å². The van der Waals surface area contributed by atoms with Crippen molar-refractivity contribution in [2.45, 2.75) is 6.18 Å². The van der Waals surface area contributed by atoms with E-state index in [0.29, 0.717) is 56.1 Å². The van der Waals surface area contributed by atoms with E-state index < -0.39 is 11.7 Å². The lowest BCUT2D eigenvalue weighted by Crippen LogP contribution is -2.04. The number of halogens is 3. The highest BCUT2D eigenvalue weighted by molar-refractivity contribution is 6.14. The summed E-state index contributed by atoms with van der Waals surface area (Å²) < 4.78 is 47.0. The fourth-order valence-corrected chi connectivity index (χ4v) is 11.7.